The molecule has 0 spiro atoms. The summed E-state index contributed by atoms with van der Waals surface area (Å²) in [6.07, 6.45) is 0. The van der Waals surface area contributed by atoms with Gasteiger partial charge in [-0.1, -0.05) is 5.16 Å². The van der Waals surface area contributed by atoms with Gasteiger partial charge in [-0.2, -0.15) is 0 Å². The van der Waals surface area contributed by atoms with Crippen molar-refractivity contribution in [1.82, 2.24) is 15.4 Å². The number of carbonyl (C=O) groups is 1. The van der Waals surface area contributed by atoms with Gasteiger partial charge < -0.3 is 14.7 Å². The van der Waals surface area contributed by atoms with E-state index in [-0.39, 0.29) is 12.1 Å². The van der Waals surface area contributed by atoms with Crippen LogP contribution in [0.5, 0.6) is 0 Å². The van der Waals surface area contributed by atoms with E-state index < -0.39 is 0 Å². The Kier molecular flexibility index (Phi) is 4.44. The Morgan fingerprint density at radius 3 is 2.80 bits per heavy atom. The van der Waals surface area contributed by atoms with Gasteiger partial charge in [-0.3, -0.25) is 0 Å². The first-order valence-electron chi connectivity index (χ1n) is 6.46. The SMILES string of the molecule is Cc1cc(CNC(=O)N(C)C(C)c2ccc(C)s2)on1. The second-order valence-corrected chi connectivity index (χ2v) is 6.15. The third-order valence-electron chi connectivity index (χ3n) is 3.16. The van der Waals surface area contributed by atoms with Crippen LogP contribution in [0.1, 0.15) is 34.2 Å². The number of aromatic nitrogens is 1. The second-order valence-electron chi connectivity index (χ2n) is 4.83. The van der Waals surface area contributed by atoms with Gasteiger partial charge in [0, 0.05) is 22.9 Å². The highest BCUT2D eigenvalue weighted by atomic mass is 32.1. The van der Waals surface area contributed by atoms with E-state index in [0.29, 0.717) is 12.3 Å². The molecule has 0 fully saturated rings. The van der Waals surface area contributed by atoms with Crippen molar-refractivity contribution >= 4 is 17.4 Å². The largest absolute Gasteiger partial charge is 0.359 e. The van der Waals surface area contributed by atoms with Crippen LogP contribution in [0, 0.1) is 13.8 Å². The Morgan fingerprint density at radius 1 is 1.50 bits per heavy atom. The van der Waals surface area contributed by atoms with Gasteiger partial charge in [0.25, 0.3) is 0 Å². The van der Waals surface area contributed by atoms with Crippen LogP contribution >= 0.6 is 11.3 Å². The van der Waals surface area contributed by atoms with Gasteiger partial charge in [-0.25, -0.2) is 4.79 Å². The molecule has 1 unspecified atom stereocenters. The van der Waals surface area contributed by atoms with E-state index in [0.717, 1.165) is 5.69 Å². The second kappa shape index (κ2) is 6.09. The number of nitrogens with zero attached hydrogens (tertiary/aromatic N) is 2. The Balaban J connectivity index is 1.91. The van der Waals surface area contributed by atoms with Crippen LogP contribution < -0.4 is 5.32 Å². The first-order valence-corrected chi connectivity index (χ1v) is 7.28. The summed E-state index contributed by atoms with van der Waals surface area (Å²) in [6, 6.07) is 5.86. The molecule has 0 radical (unpaired) electrons. The van der Waals surface area contributed by atoms with Crippen molar-refractivity contribution in [3.05, 3.63) is 39.4 Å². The van der Waals surface area contributed by atoms with E-state index in [1.54, 1.807) is 23.3 Å². The minimum atomic E-state index is -0.127. The summed E-state index contributed by atoms with van der Waals surface area (Å²) in [6.45, 7) is 6.28. The summed E-state index contributed by atoms with van der Waals surface area (Å²) in [4.78, 5) is 16.2. The number of thiophene rings is 1. The van der Waals surface area contributed by atoms with E-state index >= 15 is 0 Å². The molecule has 0 aliphatic rings. The maximum atomic E-state index is 12.1. The molecule has 2 rings (SSSR count). The van der Waals surface area contributed by atoms with Gasteiger partial charge in [-0.15, -0.1) is 11.3 Å². The molecule has 0 aliphatic heterocycles. The third-order valence-corrected chi connectivity index (χ3v) is 4.34. The molecule has 2 aromatic rings. The minimum absolute atomic E-state index is 0.0464. The van der Waals surface area contributed by atoms with E-state index in [2.05, 4.69) is 29.5 Å². The highest BCUT2D eigenvalue weighted by molar-refractivity contribution is 7.12. The molecule has 1 atom stereocenters. The summed E-state index contributed by atoms with van der Waals surface area (Å²) in [5.41, 5.74) is 0.810. The average molecular weight is 293 g/mol. The first kappa shape index (κ1) is 14.6. The molecule has 0 saturated heterocycles. The molecule has 108 valence electrons. The number of aryl methyl sites for hydroxylation is 2. The van der Waals surface area contributed by atoms with Gasteiger partial charge in [0.2, 0.25) is 0 Å². The lowest BCUT2D eigenvalue weighted by Crippen LogP contribution is -2.38. The lowest BCUT2D eigenvalue weighted by molar-refractivity contribution is 0.193. The van der Waals surface area contributed by atoms with Crippen LogP contribution in [0.2, 0.25) is 0 Å². The van der Waals surface area contributed by atoms with Crippen LogP contribution in [-0.2, 0) is 6.54 Å². The standard InChI is InChI=1S/C14H19N3O2S/c1-9-7-12(19-16-9)8-15-14(18)17(4)11(3)13-6-5-10(2)20-13/h5-7,11H,8H2,1-4H3,(H,15,18). The summed E-state index contributed by atoms with van der Waals surface area (Å²) in [5, 5.41) is 6.61. The molecule has 20 heavy (non-hydrogen) atoms. The lowest BCUT2D eigenvalue weighted by atomic mass is 10.2. The molecular weight excluding hydrogens is 274 g/mol. The zero-order valence-electron chi connectivity index (χ0n) is 12.1. The molecule has 1 N–H and O–H groups in total. The number of urea groups is 1. The highest BCUT2D eigenvalue weighted by Gasteiger charge is 2.18. The van der Waals surface area contributed by atoms with Crippen molar-refractivity contribution in [3.8, 4) is 0 Å². The van der Waals surface area contributed by atoms with E-state index in [1.807, 2.05) is 19.9 Å². The summed E-state index contributed by atoms with van der Waals surface area (Å²) < 4.78 is 5.06. The Morgan fingerprint density at radius 2 is 2.25 bits per heavy atom. The van der Waals surface area contributed by atoms with Crippen LogP contribution in [-0.4, -0.2) is 23.1 Å². The van der Waals surface area contributed by atoms with Crippen molar-refractivity contribution in [2.75, 3.05) is 7.05 Å². The molecule has 2 aromatic heterocycles. The number of amides is 2. The van der Waals surface area contributed by atoms with Crippen molar-refractivity contribution in [2.24, 2.45) is 0 Å². The number of hydrogen-bond donors (Lipinski definition) is 1. The van der Waals surface area contributed by atoms with Crippen LogP contribution in [0.3, 0.4) is 0 Å². The molecule has 0 bridgehead atoms. The Hall–Kier alpha value is -1.82. The van der Waals surface area contributed by atoms with Gasteiger partial charge in [-0.05, 0) is 32.9 Å². The van der Waals surface area contributed by atoms with Crippen molar-refractivity contribution < 1.29 is 9.32 Å². The van der Waals surface area contributed by atoms with Crippen LogP contribution in [0.4, 0.5) is 4.79 Å². The molecule has 0 saturated carbocycles. The lowest BCUT2D eigenvalue weighted by Gasteiger charge is -2.24. The molecule has 5 nitrogen and oxygen atoms in total. The first-order chi connectivity index (χ1) is 9.47. The van der Waals surface area contributed by atoms with Gasteiger partial charge in [0.1, 0.15) is 0 Å². The van der Waals surface area contributed by atoms with Crippen LogP contribution in [0.15, 0.2) is 22.7 Å². The highest BCUT2D eigenvalue weighted by Crippen LogP contribution is 2.26. The van der Waals surface area contributed by atoms with Crippen molar-refractivity contribution in [2.45, 2.75) is 33.4 Å². The number of carbonyl (C=O) groups excluding carboxylic acids is 1. The molecule has 6 heteroatoms. The molecule has 0 aliphatic carbocycles. The number of rotatable bonds is 4. The Labute approximate surface area is 122 Å². The van der Waals surface area contributed by atoms with Crippen molar-refractivity contribution in [3.63, 3.8) is 0 Å². The zero-order chi connectivity index (χ0) is 14.7. The summed E-state index contributed by atoms with van der Waals surface area (Å²) in [7, 11) is 1.79. The van der Waals surface area contributed by atoms with E-state index in [4.69, 9.17) is 4.52 Å². The fourth-order valence-corrected chi connectivity index (χ4v) is 2.80. The van der Waals surface area contributed by atoms with E-state index in [9.17, 15) is 4.79 Å². The van der Waals surface area contributed by atoms with Gasteiger partial charge >= 0.3 is 6.03 Å². The quantitative estimate of drug-likeness (QED) is 0.941. The predicted octanol–water partition coefficient (Wildman–Crippen LogP) is 3.26. The topological polar surface area (TPSA) is 58.4 Å². The fourth-order valence-electron chi connectivity index (χ4n) is 1.83. The zero-order valence-corrected chi connectivity index (χ0v) is 13.0. The monoisotopic (exact) mass is 293 g/mol. The maximum Gasteiger partial charge on any atom is 0.318 e. The van der Waals surface area contributed by atoms with Gasteiger partial charge in [0.05, 0.1) is 18.3 Å². The fraction of sp³-hybridized carbons (Fsp3) is 0.429. The Bertz CT molecular complexity index is 591. The third kappa shape index (κ3) is 3.39. The maximum absolute atomic E-state index is 12.1. The van der Waals surface area contributed by atoms with E-state index in [1.165, 1.54) is 9.75 Å². The number of nitrogens with one attached hydrogen (secondary N) is 1. The molecular formula is C14H19N3O2S. The molecule has 2 amide bonds. The summed E-state index contributed by atoms with van der Waals surface area (Å²) in [5.74, 6) is 0.656. The minimum Gasteiger partial charge on any atom is -0.359 e. The van der Waals surface area contributed by atoms with Gasteiger partial charge in [0.15, 0.2) is 5.76 Å². The van der Waals surface area contributed by atoms with Crippen molar-refractivity contribution in [1.29, 1.82) is 0 Å². The molecule has 0 aromatic carbocycles. The molecule has 2 heterocycles. The van der Waals surface area contributed by atoms with Crippen LogP contribution in [0.25, 0.3) is 0 Å². The smallest absolute Gasteiger partial charge is 0.318 e. The normalized spacial score (nSPS) is 12.2. The average Bonchev–Trinajstić information content (AvgIpc) is 3.03. The number of hydrogen-bond acceptors (Lipinski definition) is 4. The summed E-state index contributed by atoms with van der Waals surface area (Å²) >= 11 is 1.71. The predicted molar refractivity (Wildman–Crippen MR) is 78.7 cm³/mol.